The second-order valence-corrected chi connectivity index (χ2v) is 4.68. The van der Waals surface area contributed by atoms with Crippen molar-refractivity contribution in [1.29, 1.82) is 0 Å². The molecule has 17 heavy (non-hydrogen) atoms. The van der Waals surface area contributed by atoms with Gasteiger partial charge in [0, 0.05) is 11.1 Å². The quantitative estimate of drug-likeness (QED) is 0.817. The van der Waals surface area contributed by atoms with Gasteiger partial charge in [-0.2, -0.15) is 5.10 Å². The summed E-state index contributed by atoms with van der Waals surface area (Å²) in [5.74, 6) is 0.821. The predicted octanol–water partition coefficient (Wildman–Crippen LogP) is 2.77. The van der Waals surface area contributed by atoms with E-state index in [1.165, 1.54) is 6.20 Å². The zero-order valence-corrected chi connectivity index (χ0v) is 10.3. The maximum Gasteiger partial charge on any atom is 0.258 e. The van der Waals surface area contributed by atoms with Crippen molar-refractivity contribution in [3.63, 3.8) is 0 Å². The maximum atomic E-state index is 11.9. The number of amides is 1. The molecule has 1 aromatic heterocycles. The van der Waals surface area contributed by atoms with Gasteiger partial charge in [-0.3, -0.25) is 9.89 Å². The molecule has 1 heterocycles. The third-order valence-electron chi connectivity index (χ3n) is 2.20. The lowest BCUT2D eigenvalue weighted by atomic mass is 10.3. The van der Waals surface area contributed by atoms with E-state index < -0.39 is 0 Å². The van der Waals surface area contributed by atoms with Gasteiger partial charge in [-0.05, 0) is 17.9 Å². The number of thioether (sulfide) groups is 1. The van der Waals surface area contributed by atoms with E-state index in [0.29, 0.717) is 5.56 Å². The van der Waals surface area contributed by atoms with Crippen molar-refractivity contribution in [2.24, 2.45) is 0 Å². The van der Waals surface area contributed by atoms with Crippen LogP contribution < -0.4 is 5.32 Å². The summed E-state index contributed by atoms with van der Waals surface area (Å²) in [4.78, 5) is 12.9. The van der Waals surface area contributed by atoms with Crippen LogP contribution in [0.1, 0.15) is 17.3 Å². The number of H-pyrrole nitrogens is 1. The number of benzene rings is 1. The Morgan fingerprint density at radius 3 is 3.00 bits per heavy atom. The highest BCUT2D eigenvalue weighted by Crippen LogP contribution is 2.26. The molecule has 4 nitrogen and oxygen atoms in total. The van der Waals surface area contributed by atoms with Crippen molar-refractivity contribution in [2.45, 2.75) is 11.8 Å². The summed E-state index contributed by atoms with van der Waals surface area (Å²) < 4.78 is 0. The number of nitrogens with one attached hydrogen (secondary N) is 2. The van der Waals surface area contributed by atoms with E-state index in [-0.39, 0.29) is 5.91 Å². The zero-order valence-electron chi connectivity index (χ0n) is 9.43. The molecule has 0 aliphatic rings. The van der Waals surface area contributed by atoms with E-state index in [1.807, 2.05) is 24.3 Å². The normalized spacial score (nSPS) is 10.2. The van der Waals surface area contributed by atoms with E-state index in [0.717, 1.165) is 16.3 Å². The highest BCUT2D eigenvalue weighted by Gasteiger charge is 2.09. The summed E-state index contributed by atoms with van der Waals surface area (Å²) in [6.45, 7) is 2.08. The minimum absolute atomic E-state index is 0.150. The van der Waals surface area contributed by atoms with Gasteiger partial charge in [0.25, 0.3) is 5.91 Å². The van der Waals surface area contributed by atoms with Crippen molar-refractivity contribution < 1.29 is 4.79 Å². The molecule has 88 valence electrons. The minimum atomic E-state index is -0.150. The molecule has 2 N–H and O–H groups in total. The lowest BCUT2D eigenvalue weighted by Gasteiger charge is -2.08. The Hall–Kier alpha value is -1.75. The van der Waals surface area contributed by atoms with Crippen LogP contribution in [0.5, 0.6) is 0 Å². The van der Waals surface area contributed by atoms with Crippen molar-refractivity contribution in [1.82, 2.24) is 10.2 Å². The fourth-order valence-corrected chi connectivity index (χ4v) is 2.18. The monoisotopic (exact) mass is 247 g/mol. The van der Waals surface area contributed by atoms with E-state index in [9.17, 15) is 4.79 Å². The molecule has 2 aromatic rings. The lowest BCUT2D eigenvalue weighted by Crippen LogP contribution is -2.11. The number of rotatable bonds is 4. The topological polar surface area (TPSA) is 57.8 Å². The Kier molecular flexibility index (Phi) is 3.82. The molecule has 0 atom stereocenters. The molecular weight excluding hydrogens is 234 g/mol. The highest BCUT2D eigenvalue weighted by molar-refractivity contribution is 7.99. The number of aromatic amines is 1. The number of carbonyl (C=O) groups excluding carboxylic acids is 1. The van der Waals surface area contributed by atoms with Gasteiger partial charge in [-0.1, -0.05) is 19.1 Å². The van der Waals surface area contributed by atoms with Crippen molar-refractivity contribution in [3.05, 3.63) is 42.2 Å². The predicted molar refractivity (Wildman–Crippen MR) is 69.4 cm³/mol. The van der Waals surface area contributed by atoms with Gasteiger partial charge < -0.3 is 5.32 Å². The number of anilines is 1. The summed E-state index contributed by atoms with van der Waals surface area (Å²) in [6.07, 6.45) is 3.08. The molecule has 0 fully saturated rings. The zero-order chi connectivity index (χ0) is 12.1. The molecule has 1 amide bonds. The van der Waals surface area contributed by atoms with Crippen LogP contribution in [-0.4, -0.2) is 21.9 Å². The van der Waals surface area contributed by atoms with Crippen LogP contribution in [0, 0.1) is 0 Å². The Morgan fingerprint density at radius 1 is 1.47 bits per heavy atom. The Labute approximate surface area is 104 Å². The average Bonchev–Trinajstić information content (AvgIpc) is 2.85. The van der Waals surface area contributed by atoms with Gasteiger partial charge in [0.15, 0.2) is 0 Å². The Balaban J connectivity index is 2.15. The van der Waals surface area contributed by atoms with Crippen molar-refractivity contribution in [2.75, 3.05) is 11.1 Å². The number of aromatic nitrogens is 2. The molecule has 0 saturated carbocycles. The third-order valence-corrected chi connectivity index (χ3v) is 3.15. The molecule has 0 saturated heterocycles. The number of para-hydroxylation sites is 1. The summed E-state index contributed by atoms with van der Waals surface area (Å²) in [5.41, 5.74) is 1.37. The molecule has 0 bridgehead atoms. The largest absolute Gasteiger partial charge is 0.321 e. The maximum absolute atomic E-state index is 11.9. The van der Waals surface area contributed by atoms with Crippen molar-refractivity contribution >= 4 is 23.4 Å². The van der Waals surface area contributed by atoms with E-state index in [1.54, 1.807) is 18.0 Å². The van der Waals surface area contributed by atoms with Crippen LogP contribution in [-0.2, 0) is 0 Å². The Bertz CT molecular complexity index is 496. The SMILES string of the molecule is CCSc1ccccc1NC(=O)c1cn[nH]c1. The van der Waals surface area contributed by atoms with Crippen LogP contribution in [0.25, 0.3) is 0 Å². The molecule has 0 spiro atoms. The second kappa shape index (κ2) is 5.54. The summed E-state index contributed by atoms with van der Waals surface area (Å²) >= 11 is 1.70. The second-order valence-electron chi connectivity index (χ2n) is 3.37. The number of hydrogen-bond donors (Lipinski definition) is 2. The van der Waals surface area contributed by atoms with Gasteiger partial charge in [-0.15, -0.1) is 11.8 Å². The van der Waals surface area contributed by atoms with E-state index in [4.69, 9.17) is 0 Å². The first-order valence-corrected chi connectivity index (χ1v) is 6.31. The molecular formula is C12H13N3OS. The molecule has 0 unspecified atom stereocenters. The molecule has 0 radical (unpaired) electrons. The Morgan fingerprint density at radius 2 is 2.29 bits per heavy atom. The fraction of sp³-hybridized carbons (Fsp3) is 0.167. The molecule has 5 heteroatoms. The third kappa shape index (κ3) is 2.88. The van der Waals surface area contributed by atoms with Crippen molar-refractivity contribution in [3.8, 4) is 0 Å². The number of nitrogens with zero attached hydrogens (tertiary/aromatic N) is 1. The average molecular weight is 247 g/mol. The molecule has 2 rings (SSSR count). The van der Waals surface area contributed by atoms with Gasteiger partial charge in [-0.25, -0.2) is 0 Å². The first-order valence-electron chi connectivity index (χ1n) is 5.33. The number of carbonyl (C=O) groups is 1. The van der Waals surface area contributed by atoms with Gasteiger partial charge >= 0.3 is 0 Å². The minimum Gasteiger partial charge on any atom is -0.321 e. The highest BCUT2D eigenvalue weighted by atomic mass is 32.2. The summed E-state index contributed by atoms with van der Waals surface area (Å²) in [6, 6.07) is 7.77. The van der Waals surface area contributed by atoms with Gasteiger partial charge in [0.2, 0.25) is 0 Å². The van der Waals surface area contributed by atoms with Gasteiger partial charge in [0.1, 0.15) is 0 Å². The fourth-order valence-electron chi connectivity index (χ4n) is 1.42. The summed E-state index contributed by atoms with van der Waals surface area (Å²) in [7, 11) is 0. The van der Waals surface area contributed by atoms with Crippen LogP contribution in [0.15, 0.2) is 41.6 Å². The first-order chi connectivity index (χ1) is 8.31. The summed E-state index contributed by atoms with van der Waals surface area (Å²) in [5, 5.41) is 9.25. The first kappa shape index (κ1) is 11.7. The van der Waals surface area contributed by atoms with Crippen LogP contribution in [0.2, 0.25) is 0 Å². The number of hydrogen-bond acceptors (Lipinski definition) is 3. The lowest BCUT2D eigenvalue weighted by molar-refractivity contribution is 0.102. The smallest absolute Gasteiger partial charge is 0.258 e. The van der Waals surface area contributed by atoms with Crippen LogP contribution >= 0.6 is 11.8 Å². The van der Waals surface area contributed by atoms with Crippen LogP contribution in [0.4, 0.5) is 5.69 Å². The molecule has 0 aliphatic carbocycles. The standard InChI is InChI=1S/C12H13N3OS/c1-2-17-11-6-4-3-5-10(11)15-12(16)9-7-13-14-8-9/h3-8H,2H2,1H3,(H,13,14)(H,15,16). The molecule has 1 aromatic carbocycles. The molecule has 0 aliphatic heterocycles. The van der Waals surface area contributed by atoms with E-state index >= 15 is 0 Å². The van der Waals surface area contributed by atoms with E-state index in [2.05, 4.69) is 22.4 Å². The van der Waals surface area contributed by atoms with Gasteiger partial charge in [0.05, 0.1) is 17.4 Å². The van der Waals surface area contributed by atoms with Crippen LogP contribution in [0.3, 0.4) is 0 Å².